The molecule has 0 saturated carbocycles. The van der Waals surface area contributed by atoms with E-state index in [0.29, 0.717) is 35.9 Å². The van der Waals surface area contributed by atoms with Gasteiger partial charge in [-0.3, -0.25) is 9.69 Å². The first-order chi connectivity index (χ1) is 15.7. The SMILES string of the molecule is COc1cc(OC)cc(C(=O)N(CCCN2CCOCC2)Cc2ccc3c(c2)OCO3)c1. The van der Waals surface area contributed by atoms with Crippen LogP contribution in [-0.2, 0) is 11.3 Å². The molecule has 8 nitrogen and oxygen atoms in total. The number of hydrogen-bond acceptors (Lipinski definition) is 7. The predicted octanol–water partition coefficient (Wildman–Crippen LogP) is 2.80. The molecule has 32 heavy (non-hydrogen) atoms. The number of benzene rings is 2. The quantitative estimate of drug-likeness (QED) is 0.591. The standard InChI is InChI=1S/C24H30N2O6/c1-28-20-13-19(14-21(15-20)29-2)24(27)26(7-3-6-25-8-10-30-11-9-25)16-18-4-5-22-23(12-18)32-17-31-22/h4-5,12-15H,3,6-11,16-17H2,1-2H3. The van der Waals surface area contributed by atoms with Gasteiger partial charge in [0.2, 0.25) is 6.79 Å². The summed E-state index contributed by atoms with van der Waals surface area (Å²) in [5.74, 6) is 2.55. The van der Waals surface area contributed by atoms with Gasteiger partial charge in [0, 0.05) is 44.4 Å². The fourth-order valence-corrected chi connectivity index (χ4v) is 3.94. The van der Waals surface area contributed by atoms with Crippen LogP contribution in [0.15, 0.2) is 36.4 Å². The second-order valence-electron chi connectivity index (χ2n) is 7.82. The minimum atomic E-state index is -0.0677. The van der Waals surface area contributed by atoms with E-state index in [1.165, 1.54) is 0 Å². The van der Waals surface area contributed by atoms with Gasteiger partial charge >= 0.3 is 0 Å². The smallest absolute Gasteiger partial charge is 0.254 e. The molecule has 8 heteroatoms. The van der Waals surface area contributed by atoms with Gasteiger partial charge in [-0.15, -0.1) is 0 Å². The van der Waals surface area contributed by atoms with Crippen LogP contribution in [0, 0.1) is 0 Å². The van der Waals surface area contributed by atoms with Gasteiger partial charge in [0.25, 0.3) is 5.91 Å². The van der Waals surface area contributed by atoms with Gasteiger partial charge < -0.3 is 28.6 Å². The van der Waals surface area contributed by atoms with Gasteiger partial charge in [0.1, 0.15) is 11.5 Å². The van der Waals surface area contributed by atoms with Crippen molar-refractivity contribution in [1.82, 2.24) is 9.80 Å². The second kappa shape index (κ2) is 10.6. The molecule has 0 bridgehead atoms. The van der Waals surface area contributed by atoms with Crippen LogP contribution in [0.3, 0.4) is 0 Å². The van der Waals surface area contributed by atoms with Gasteiger partial charge in [-0.2, -0.15) is 0 Å². The number of hydrogen-bond donors (Lipinski definition) is 0. The van der Waals surface area contributed by atoms with Crippen LogP contribution in [-0.4, -0.2) is 76.1 Å². The lowest BCUT2D eigenvalue weighted by atomic mass is 10.1. The summed E-state index contributed by atoms with van der Waals surface area (Å²) < 4.78 is 27.1. The lowest BCUT2D eigenvalue weighted by molar-refractivity contribution is 0.0355. The number of methoxy groups -OCH3 is 2. The molecular formula is C24H30N2O6. The number of morpholine rings is 1. The van der Waals surface area contributed by atoms with E-state index in [9.17, 15) is 4.79 Å². The summed E-state index contributed by atoms with van der Waals surface area (Å²) in [7, 11) is 3.16. The molecule has 0 spiro atoms. The third-order valence-electron chi connectivity index (χ3n) is 5.70. The largest absolute Gasteiger partial charge is 0.497 e. The zero-order valence-electron chi connectivity index (χ0n) is 18.7. The van der Waals surface area contributed by atoms with Crippen LogP contribution >= 0.6 is 0 Å². The number of carbonyl (C=O) groups excluding carboxylic acids is 1. The number of ether oxygens (including phenoxy) is 5. The number of amides is 1. The Labute approximate surface area is 188 Å². The lowest BCUT2D eigenvalue weighted by Crippen LogP contribution is -2.39. The lowest BCUT2D eigenvalue weighted by Gasteiger charge is -2.28. The number of rotatable bonds is 9. The highest BCUT2D eigenvalue weighted by atomic mass is 16.7. The summed E-state index contributed by atoms with van der Waals surface area (Å²) >= 11 is 0. The molecule has 172 valence electrons. The van der Waals surface area contributed by atoms with Gasteiger partial charge in [-0.1, -0.05) is 6.07 Å². The van der Waals surface area contributed by atoms with Crippen molar-refractivity contribution >= 4 is 5.91 Å². The molecule has 2 aliphatic heterocycles. The third-order valence-corrected chi connectivity index (χ3v) is 5.70. The highest BCUT2D eigenvalue weighted by Gasteiger charge is 2.21. The molecule has 0 unspecified atom stereocenters. The summed E-state index contributed by atoms with van der Waals surface area (Å²) in [5, 5.41) is 0. The van der Waals surface area contributed by atoms with Crippen LogP contribution in [0.4, 0.5) is 0 Å². The Bertz CT molecular complexity index is 906. The highest BCUT2D eigenvalue weighted by Crippen LogP contribution is 2.33. The first-order valence-electron chi connectivity index (χ1n) is 10.9. The summed E-state index contributed by atoms with van der Waals surface area (Å²) in [6.45, 7) is 5.65. The molecule has 2 aliphatic rings. The number of nitrogens with zero attached hydrogens (tertiary/aromatic N) is 2. The van der Waals surface area contributed by atoms with Crippen LogP contribution < -0.4 is 18.9 Å². The molecule has 0 radical (unpaired) electrons. The molecule has 2 aromatic rings. The Balaban J connectivity index is 1.51. The average Bonchev–Trinajstić information content (AvgIpc) is 3.31. The molecule has 1 saturated heterocycles. The van der Waals surface area contributed by atoms with E-state index in [0.717, 1.165) is 50.6 Å². The molecule has 0 aromatic heterocycles. The fourth-order valence-electron chi connectivity index (χ4n) is 3.94. The van der Waals surface area contributed by atoms with E-state index in [1.54, 1.807) is 32.4 Å². The maximum atomic E-state index is 13.5. The van der Waals surface area contributed by atoms with Gasteiger partial charge in [0.05, 0.1) is 27.4 Å². The fraction of sp³-hybridized carbons (Fsp3) is 0.458. The van der Waals surface area contributed by atoms with Crippen LogP contribution in [0.1, 0.15) is 22.3 Å². The Morgan fingerprint density at radius 2 is 1.72 bits per heavy atom. The Morgan fingerprint density at radius 1 is 1.00 bits per heavy atom. The zero-order valence-corrected chi connectivity index (χ0v) is 18.7. The number of carbonyl (C=O) groups is 1. The van der Waals surface area contributed by atoms with E-state index in [4.69, 9.17) is 23.7 Å². The Morgan fingerprint density at radius 3 is 2.44 bits per heavy atom. The molecule has 2 heterocycles. The first-order valence-corrected chi connectivity index (χ1v) is 10.9. The minimum absolute atomic E-state index is 0.0677. The van der Waals surface area contributed by atoms with Gasteiger partial charge in [-0.05, 0) is 36.2 Å². The van der Waals surface area contributed by atoms with Crippen molar-refractivity contribution in [1.29, 1.82) is 0 Å². The van der Waals surface area contributed by atoms with Crippen LogP contribution in [0.5, 0.6) is 23.0 Å². The van der Waals surface area contributed by atoms with Gasteiger partial charge in [0.15, 0.2) is 11.5 Å². The summed E-state index contributed by atoms with van der Waals surface area (Å²) in [6.07, 6.45) is 0.872. The predicted molar refractivity (Wildman–Crippen MR) is 119 cm³/mol. The molecule has 2 aromatic carbocycles. The molecule has 1 amide bonds. The topological polar surface area (TPSA) is 69.7 Å². The van der Waals surface area contributed by atoms with Crippen LogP contribution in [0.25, 0.3) is 0 Å². The Kier molecular flexibility index (Phi) is 7.34. The molecule has 0 aliphatic carbocycles. The van der Waals surface area contributed by atoms with Crippen molar-refractivity contribution in [3.8, 4) is 23.0 Å². The monoisotopic (exact) mass is 442 g/mol. The molecule has 0 N–H and O–H groups in total. The summed E-state index contributed by atoms with van der Waals surface area (Å²) in [5.41, 5.74) is 1.53. The summed E-state index contributed by atoms with van der Waals surface area (Å²) in [4.78, 5) is 17.8. The maximum absolute atomic E-state index is 13.5. The van der Waals surface area contributed by atoms with Crippen molar-refractivity contribution in [2.75, 3.05) is 60.4 Å². The summed E-state index contributed by atoms with van der Waals surface area (Å²) in [6, 6.07) is 11.1. The highest BCUT2D eigenvalue weighted by molar-refractivity contribution is 5.95. The van der Waals surface area contributed by atoms with E-state index in [-0.39, 0.29) is 12.7 Å². The van der Waals surface area contributed by atoms with E-state index >= 15 is 0 Å². The first kappa shape index (κ1) is 22.2. The maximum Gasteiger partial charge on any atom is 0.254 e. The van der Waals surface area contributed by atoms with Crippen molar-refractivity contribution in [2.45, 2.75) is 13.0 Å². The van der Waals surface area contributed by atoms with Crippen molar-refractivity contribution in [3.63, 3.8) is 0 Å². The van der Waals surface area contributed by atoms with E-state index < -0.39 is 0 Å². The molecular weight excluding hydrogens is 412 g/mol. The molecule has 0 atom stereocenters. The van der Waals surface area contributed by atoms with E-state index in [1.807, 2.05) is 23.1 Å². The van der Waals surface area contributed by atoms with Crippen molar-refractivity contribution in [3.05, 3.63) is 47.5 Å². The third kappa shape index (κ3) is 5.44. The number of fused-ring (bicyclic) bond motifs is 1. The molecule has 4 rings (SSSR count). The van der Waals surface area contributed by atoms with Crippen molar-refractivity contribution < 1.29 is 28.5 Å². The van der Waals surface area contributed by atoms with E-state index in [2.05, 4.69) is 4.90 Å². The minimum Gasteiger partial charge on any atom is -0.497 e. The van der Waals surface area contributed by atoms with Crippen molar-refractivity contribution in [2.24, 2.45) is 0 Å². The van der Waals surface area contributed by atoms with Crippen LogP contribution in [0.2, 0.25) is 0 Å². The second-order valence-corrected chi connectivity index (χ2v) is 7.82. The van der Waals surface area contributed by atoms with Gasteiger partial charge in [-0.25, -0.2) is 0 Å². The molecule has 1 fully saturated rings. The normalized spacial score (nSPS) is 15.4. The Hall–Kier alpha value is -2.97. The average molecular weight is 443 g/mol. The zero-order chi connectivity index (χ0) is 22.3.